The number of aromatic amines is 1. The summed E-state index contributed by atoms with van der Waals surface area (Å²) in [7, 11) is 0. The summed E-state index contributed by atoms with van der Waals surface area (Å²) in [5.41, 5.74) is 3.55. The van der Waals surface area contributed by atoms with Crippen LogP contribution in [0.5, 0.6) is 0 Å². The molecule has 2 aliphatic rings. The van der Waals surface area contributed by atoms with Crippen LogP contribution in [0.1, 0.15) is 36.2 Å². The van der Waals surface area contributed by atoms with Crippen molar-refractivity contribution >= 4 is 16.6 Å². The first-order chi connectivity index (χ1) is 17.3. The predicted molar refractivity (Wildman–Crippen MR) is 133 cm³/mol. The van der Waals surface area contributed by atoms with Gasteiger partial charge in [0.15, 0.2) is 0 Å². The van der Waals surface area contributed by atoms with Crippen LogP contribution in [-0.2, 0) is 6.42 Å². The van der Waals surface area contributed by atoms with Crippen LogP contribution in [0, 0.1) is 5.82 Å². The van der Waals surface area contributed by atoms with E-state index in [4.69, 9.17) is 0 Å². The standard InChI is InChI=1S/C27H32F4N4O/c1-17-11-22-20-5-2-3-6-24(20)33-25(22)26(35(17)15-27(30,31)16-36)21-8-7-18(12-23(21)29)32-19-13-34(14-19)10-4-9-28/h2-3,5-8,12,17,19,26,32-33,36H,4,9-11,13-16H2,1H3. The number of hydrogen-bond acceptors (Lipinski definition) is 4. The fourth-order valence-corrected chi connectivity index (χ4v) is 5.61. The van der Waals surface area contributed by atoms with Gasteiger partial charge in [-0.2, -0.15) is 0 Å². The van der Waals surface area contributed by atoms with Crippen molar-refractivity contribution in [2.24, 2.45) is 0 Å². The fraction of sp³-hybridized carbons (Fsp3) is 0.481. The third-order valence-electron chi connectivity index (χ3n) is 7.39. The Morgan fingerprint density at radius 2 is 1.94 bits per heavy atom. The number of para-hydroxylation sites is 1. The molecule has 2 unspecified atom stereocenters. The molecule has 2 aromatic carbocycles. The van der Waals surface area contributed by atoms with Crippen LogP contribution in [0.15, 0.2) is 42.5 Å². The molecule has 1 aromatic heterocycles. The Balaban J connectivity index is 1.46. The Morgan fingerprint density at radius 3 is 2.67 bits per heavy atom. The smallest absolute Gasteiger partial charge is 0.283 e. The van der Waals surface area contributed by atoms with Crippen LogP contribution in [0.3, 0.4) is 0 Å². The highest BCUT2D eigenvalue weighted by atomic mass is 19.3. The Hall–Kier alpha value is -2.62. The second-order valence-electron chi connectivity index (χ2n) is 10.1. The van der Waals surface area contributed by atoms with Gasteiger partial charge in [0.05, 0.1) is 25.3 Å². The maximum absolute atomic E-state index is 15.6. The number of hydrogen-bond donors (Lipinski definition) is 3. The molecular weight excluding hydrogens is 472 g/mol. The molecule has 2 aliphatic heterocycles. The molecule has 3 N–H and O–H groups in total. The molecule has 5 rings (SSSR count). The van der Waals surface area contributed by atoms with Crippen molar-refractivity contribution in [2.75, 3.05) is 44.8 Å². The number of aromatic nitrogens is 1. The molecule has 3 aromatic rings. The summed E-state index contributed by atoms with van der Waals surface area (Å²) in [4.78, 5) is 7.10. The second kappa shape index (κ2) is 10.0. The summed E-state index contributed by atoms with van der Waals surface area (Å²) in [6.07, 6.45) is 1.05. The van der Waals surface area contributed by atoms with E-state index < -0.39 is 30.9 Å². The molecule has 36 heavy (non-hydrogen) atoms. The number of aliphatic hydroxyl groups is 1. The highest BCUT2D eigenvalue weighted by molar-refractivity contribution is 5.85. The summed E-state index contributed by atoms with van der Waals surface area (Å²) in [6.45, 7) is 1.84. The van der Waals surface area contributed by atoms with Gasteiger partial charge in [0, 0.05) is 53.5 Å². The monoisotopic (exact) mass is 504 g/mol. The van der Waals surface area contributed by atoms with Crippen LogP contribution in [0.2, 0.25) is 0 Å². The highest BCUT2D eigenvalue weighted by Crippen LogP contribution is 2.42. The molecule has 0 bridgehead atoms. The van der Waals surface area contributed by atoms with E-state index in [0.29, 0.717) is 36.3 Å². The number of H-pyrrole nitrogens is 1. The molecule has 0 spiro atoms. The minimum Gasteiger partial charge on any atom is -0.390 e. The van der Waals surface area contributed by atoms with E-state index in [1.807, 2.05) is 31.2 Å². The molecule has 0 radical (unpaired) electrons. The van der Waals surface area contributed by atoms with Crippen molar-refractivity contribution in [2.45, 2.75) is 43.8 Å². The predicted octanol–water partition coefficient (Wildman–Crippen LogP) is 4.73. The fourth-order valence-electron chi connectivity index (χ4n) is 5.61. The number of alkyl halides is 3. The Kier molecular flexibility index (Phi) is 6.98. The lowest BCUT2D eigenvalue weighted by atomic mass is 9.88. The lowest BCUT2D eigenvalue weighted by Gasteiger charge is -2.42. The number of fused-ring (bicyclic) bond motifs is 3. The number of likely N-dealkylation sites (tertiary alicyclic amines) is 1. The van der Waals surface area contributed by atoms with Gasteiger partial charge in [-0.1, -0.05) is 24.3 Å². The number of anilines is 1. The van der Waals surface area contributed by atoms with E-state index in [1.54, 1.807) is 17.0 Å². The summed E-state index contributed by atoms with van der Waals surface area (Å²) < 4.78 is 56.8. The molecule has 3 heterocycles. The van der Waals surface area contributed by atoms with E-state index in [-0.39, 0.29) is 18.8 Å². The van der Waals surface area contributed by atoms with Crippen molar-refractivity contribution < 1.29 is 22.7 Å². The molecule has 1 fully saturated rings. The van der Waals surface area contributed by atoms with E-state index in [0.717, 1.165) is 29.6 Å². The van der Waals surface area contributed by atoms with Gasteiger partial charge in [-0.3, -0.25) is 14.2 Å². The van der Waals surface area contributed by atoms with Gasteiger partial charge in [-0.15, -0.1) is 0 Å². The summed E-state index contributed by atoms with van der Waals surface area (Å²) in [5, 5.41) is 13.6. The lowest BCUT2D eigenvalue weighted by molar-refractivity contribution is -0.0866. The number of benzene rings is 2. The van der Waals surface area contributed by atoms with Gasteiger partial charge in [0.2, 0.25) is 0 Å². The van der Waals surface area contributed by atoms with Crippen molar-refractivity contribution in [1.82, 2.24) is 14.8 Å². The topological polar surface area (TPSA) is 54.5 Å². The van der Waals surface area contributed by atoms with E-state index in [9.17, 15) is 18.3 Å². The Bertz CT molecular complexity index is 1210. The van der Waals surface area contributed by atoms with Crippen LogP contribution in [0.4, 0.5) is 23.2 Å². The van der Waals surface area contributed by atoms with Crippen molar-refractivity contribution in [3.8, 4) is 0 Å². The SMILES string of the molecule is CC1Cc2c([nH]c3ccccc23)C(c2ccc(NC3CN(CCCF)C3)cc2F)N1CC(F)(F)CO. The molecular formula is C27H32F4N4O. The maximum atomic E-state index is 15.6. The third kappa shape index (κ3) is 4.84. The summed E-state index contributed by atoms with van der Waals surface area (Å²) >= 11 is 0. The molecule has 5 nitrogen and oxygen atoms in total. The molecule has 1 saturated heterocycles. The first-order valence-corrected chi connectivity index (χ1v) is 12.5. The highest BCUT2D eigenvalue weighted by Gasteiger charge is 2.42. The minimum absolute atomic E-state index is 0.157. The summed E-state index contributed by atoms with van der Waals surface area (Å²) in [5.74, 6) is -3.79. The van der Waals surface area contributed by atoms with Gasteiger partial charge in [0.1, 0.15) is 12.4 Å². The normalized spacial score (nSPS) is 21.5. The van der Waals surface area contributed by atoms with Crippen molar-refractivity contribution in [3.05, 3.63) is 65.1 Å². The number of nitrogens with zero attached hydrogens (tertiary/aromatic N) is 2. The zero-order chi connectivity index (χ0) is 25.4. The molecule has 9 heteroatoms. The number of rotatable bonds is 9. The Morgan fingerprint density at radius 1 is 1.17 bits per heavy atom. The lowest BCUT2D eigenvalue weighted by Crippen LogP contribution is -2.54. The number of aliphatic hydroxyl groups excluding tert-OH is 1. The number of halogens is 4. The third-order valence-corrected chi connectivity index (χ3v) is 7.39. The van der Waals surface area contributed by atoms with Gasteiger partial charge in [-0.05, 0) is 43.5 Å². The van der Waals surface area contributed by atoms with Crippen LogP contribution < -0.4 is 5.32 Å². The average Bonchev–Trinajstić information content (AvgIpc) is 3.19. The van der Waals surface area contributed by atoms with Crippen LogP contribution in [-0.4, -0.2) is 77.4 Å². The molecule has 2 atom stereocenters. The second-order valence-corrected chi connectivity index (χ2v) is 10.1. The molecule has 0 saturated carbocycles. The minimum atomic E-state index is -3.31. The van der Waals surface area contributed by atoms with Gasteiger partial charge >= 0.3 is 0 Å². The first-order valence-electron chi connectivity index (χ1n) is 12.5. The van der Waals surface area contributed by atoms with Crippen LogP contribution >= 0.6 is 0 Å². The van der Waals surface area contributed by atoms with E-state index >= 15 is 4.39 Å². The zero-order valence-electron chi connectivity index (χ0n) is 20.3. The quantitative estimate of drug-likeness (QED) is 0.369. The molecule has 194 valence electrons. The molecule has 0 amide bonds. The Labute approximate surface area is 208 Å². The van der Waals surface area contributed by atoms with Gasteiger partial charge in [0.25, 0.3) is 5.92 Å². The average molecular weight is 505 g/mol. The zero-order valence-corrected chi connectivity index (χ0v) is 20.3. The van der Waals surface area contributed by atoms with Crippen molar-refractivity contribution in [3.63, 3.8) is 0 Å². The van der Waals surface area contributed by atoms with Gasteiger partial charge < -0.3 is 15.4 Å². The molecule has 0 aliphatic carbocycles. The van der Waals surface area contributed by atoms with E-state index in [1.165, 1.54) is 6.07 Å². The van der Waals surface area contributed by atoms with Crippen LogP contribution in [0.25, 0.3) is 10.9 Å². The summed E-state index contributed by atoms with van der Waals surface area (Å²) in [6, 6.07) is 11.7. The first kappa shape index (κ1) is 25.0. The number of nitrogens with one attached hydrogen (secondary N) is 2. The maximum Gasteiger partial charge on any atom is 0.283 e. The van der Waals surface area contributed by atoms with E-state index in [2.05, 4.69) is 15.2 Å². The largest absolute Gasteiger partial charge is 0.390 e. The van der Waals surface area contributed by atoms with Gasteiger partial charge in [-0.25, -0.2) is 13.2 Å². The van der Waals surface area contributed by atoms with Crippen molar-refractivity contribution in [1.29, 1.82) is 0 Å².